The molecule has 17 heavy (non-hydrogen) atoms. The number of alkyl halides is 1. The third-order valence-corrected chi connectivity index (χ3v) is 4.10. The van der Waals surface area contributed by atoms with Crippen molar-refractivity contribution in [1.29, 1.82) is 0 Å². The third-order valence-electron chi connectivity index (χ3n) is 2.74. The van der Waals surface area contributed by atoms with Crippen LogP contribution in [0.5, 0.6) is 0 Å². The van der Waals surface area contributed by atoms with Crippen LogP contribution in [0, 0.1) is 0 Å². The predicted octanol–water partition coefficient (Wildman–Crippen LogP) is 3.32. The zero-order valence-electron chi connectivity index (χ0n) is 10.1. The van der Waals surface area contributed by atoms with Crippen LogP contribution in [-0.2, 0) is 6.42 Å². The first-order valence-corrected chi connectivity index (χ1v) is 7.19. The maximum atomic E-state index is 5.83. The minimum absolute atomic E-state index is 0.615. The number of hydrogen-bond acceptors (Lipinski definition) is 4. The molecule has 0 aromatic carbocycles. The van der Waals surface area contributed by atoms with Crippen LogP contribution >= 0.6 is 22.9 Å². The van der Waals surface area contributed by atoms with Crippen molar-refractivity contribution in [1.82, 2.24) is 9.97 Å². The molecule has 2 rings (SSSR count). The van der Waals surface area contributed by atoms with E-state index in [-0.39, 0.29) is 0 Å². The summed E-state index contributed by atoms with van der Waals surface area (Å²) < 4.78 is 0. The van der Waals surface area contributed by atoms with Gasteiger partial charge in [-0.3, -0.25) is 0 Å². The second-order valence-corrected chi connectivity index (χ2v) is 5.24. The van der Waals surface area contributed by atoms with Gasteiger partial charge in [0.15, 0.2) is 0 Å². The van der Waals surface area contributed by atoms with Gasteiger partial charge in [-0.2, -0.15) is 0 Å². The molecule has 0 radical (unpaired) electrons. The van der Waals surface area contributed by atoms with E-state index in [0.29, 0.717) is 5.88 Å². The highest BCUT2D eigenvalue weighted by Crippen LogP contribution is 2.30. The van der Waals surface area contributed by atoms with E-state index in [4.69, 9.17) is 11.6 Å². The van der Waals surface area contributed by atoms with Crippen molar-refractivity contribution in [2.24, 2.45) is 0 Å². The molecule has 3 nitrogen and oxygen atoms in total. The minimum Gasteiger partial charge on any atom is -0.355 e. The van der Waals surface area contributed by atoms with Crippen LogP contribution in [-0.4, -0.2) is 28.9 Å². The number of nitrogens with zero attached hydrogens (tertiary/aromatic N) is 3. The van der Waals surface area contributed by atoms with E-state index in [1.165, 1.54) is 4.88 Å². The van der Waals surface area contributed by atoms with Crippen molar-refractivity contribution in [2.45, 2.75) is 20.3 Å². The number of fused-ring (bicyclic) bond motifs is 1. The van der Waals surface area contributed by atoms with Crippen molar-refractivity contribution < 1.29 is 0 Å². The topological polar surface area (TPSA) is 29.0 Å². The summed E-state index contributed by atoms with van der Waals surface area (Å²) in [6.07, 6.45) is 2.69. The Bertz CT molecular complexity index is 497. The quantitative estimate of drug-likeness (QED) is 0.780. The molecule has 0 N–H and O–H groups in total. The van der Waals surface area contributed by atoms with Crippen LogP contribution < -0.4 is 4.90 Å². The Morgan fingerprint density at radius 1 is 1.35 bits per heavy atom. The molecule has 2 aromatic heterocycles. The number of hydrogen-bond donors (Lipinski definition) is 0. The van der Waals surface area contributed by atoms with Gasteiger partial charge >= 0.3 is 0 Å². The van der Waals surface area contributed by atoms with E-state index in [0.717, 1.165) is 35.5 Å². The number of anilines is 1. The van der Waals surface area contributed by atoms with Crippen molar-refractivity contribution >= 4 is 39.0 Å². The highest BCUT2D eigenvalue weighted by molar-refractivity contribution is 7.18. The van der Waals surface area contributed by atoms with Gasteiger partial charge in [-0.05, 0) is 19.4 Å². The number of rotatable bonds is 5. The molecule has 0 aliphatic rings. The first-order valence-electron chi connectivity index (χ1n) is 5.84. The van der Waals surface area contributed by atoms with E-state index in [1.54, 1.807) is 17.7 Å². The molecule has 0 unspecified atom stereocenters. The standard InChI is InChI=1S/C12H16ClN3S/c1-3-9-7-10-11(16(4-2)6-5-13)14-8-15-12(10)17-9/h7-8H,3-6H2,1-2H3. The maximum absolute atomic E-state index is 5.83. The molecule has 2 aromatic rings. The Morgan fingerprint density at radius 3 is 2.82 bits per heavy atom. The fraction of sp³-hybridized carbons (Fsp3) is 0.500. The van der Waals surface area contributed by atoms with Gasteiger partial charge in [0, 0.05) is 23.8 Å². The zero-order chi connectivity index (χ0) is 12.3. The molecule has 0 saturated heterocycles. The lowest BCUT2D eigenvalue weighted by Crippen LogP contribution is -2.26. The summed E-state index contributed by atoms with van der Waals surface area (Å²) in [7, 11) is 0. The summed E-state index contributed by atoms with van der Waals surface area (Å²) in [6, 6.07) is 2.20. The number of aromatic nitrogens is 2. The summed E-state index contributed by atoms with van der Waals surface area (Å²) in [5.74, 6) is 1.62. The lowest BCUT2D eigenvalue weighted by atomic mass is 10.3. The van der Waals surface area contributed by atoms with Crippen LogP contribution in [0.3, 0.4) is 0 Å². The highest BCUT2D eigenvalue weighted by Gasteiger charge is 2.12. The van der Waals surface area contributed by atoms with Gasteiger partial charge < -0.3 is 4.90 Å². The molecule has 0 bridgehead atoms. The van der Waals surface area contributed by atoms with Gasteiger partial charge in [0.25, 0.3) is 0 Å². The van der Waals surface area contributed by atoms with E-state index in [1.807, 2.05) is 0 Å². The monoisotopic (exact) mass is 269 g/mol. The van der Waals surface area contributed by atoms with Crippen LogP contribution in [0.1, 0.15) is 18.7 Å². The largest absolute Gasteiger partial charge is 0.355 e. The predicted molar refractivity (Wildman–Crippen MR) is 75.4 cm³/mol. The minimum atomic E-state index is 0.615. The Morgan fingerprint density at radius 2 is 2.18 bits per heavy atom. The second kappa shape index (κ2) is 5.65. The summed E-state index contributed by atoms with van der Waals surface area (Å²) in [6.45, 7) is 6.01. The van der Waals surface area contributed by atoms with Crippen molar-refractivity contribution in [3.8, 4) is 0 Å². The molecule has 0 aliphatic carbocycles. The molecule has 2 heterocycles. The molecule has 0 spiro atoms. The van der Waals surface area contributed by atoms with Gasteiger partial charge in [0.2, 0.25) is 0 Å². The first-order chi connectivity index (χ1) is 8.30. The summed E-state index contributed by atoms with van der Waals surface area (Å²) >= 11 is 7.57. The first kappa shape index (κ1) is 12.6. The normalized spacial score (nSPS) is 11.0. The molecule has 0 atom stereocenters. The van der Waals surface area contributed by atoms with Crippen molar-refractivity contribution in [2.75, 3.05) is 23.9 Å². The van der Waals surface area contributed by atoms with E-state index >= 15 is 0 Å². The lowest BCUT2D eigenvalue weighted by Gasteiger charge is -2.20. The van der Waals surface area contributed by atoms with E-state index in [9.17, 15) is 0 Å². The van der Waals surface area contributed by atoms with E-state index < -0.39 is 0 Å². The fourth-order valence-electron chi connectivity index (χ4n) is 1.83. The van der Waals surface area contributed by atoms with E-state index in [2.05, 4.69) is 34.8 Å². The molecular weight excluding hydrogens is 254 g/mol. The smallest absolute Gasteiger partial charge is 0.140 e. The zero-order valence-corrected chi connectivity index (χ0v) is 11.7. The Kier molecular flexibility index (Phi) is 4.18. The fourth-order valence-corrected chi connectivity index (χ4v) is 2.97. The van der Waals surface area contributed by atoms with Crippen molar-refractivity contribution in [3.63, 3.8) is 0 Å². The molecule has 0 fully saturated rings. The average molecular weight is 270 g/mol. The summed E-state index contributed by atoms with van der Waals surface area (Å²) in [5, 5.41) is 1.15. The van der Waals surface area contributed by atoms with Crippen LogP contribution in [0.4, 0.5) is 5.82 Å². The Hall–Kier alpha value is -0.870. The van der Waals surface area contributed by atoms with Gasteiger partial charge in [-0.15, -0.1) is 22.9 Å². The van der Waals surface area contributed by atoms with Gasteiger partial charge in [0.05, 0.1) is 5.39 Å². The molecule has 0 saturated carbocycles. The molecule has 0 aliphatic heterocycles. The molecule has 0 amide bonds. The Labute approximate surface area is 110 Å². The van der Waals surface area contributed by atoms with Gasteiger partial charge in [0.1, 0.15) is 17.0 Å². The van der Waals surface area contributed by atoms with Crippen LogP contribution in [0.25, 0.3) is 10.2 Å². The Balaban J connectivity index is 2.48. The van der Waals surface area contributed by atoms with Gasteiger partial charge in [-0.25, -0.2) is 9.97 Å². The number of aryl methyl sites for hydroxylation is 1. The number of thiophene rings is 1. The third kappa shape index (κ3) is 2.53. The molecule has 5 heteroatoms. The number of halogens is 1. The second-order valence-electron chi connectivity index (χ2n) is 3.75. The van der Waals surface area contributed by atoms with Gasteiger partial charge in [-0.1, -0.05) is 6.92 Å². The average Bonchev–Trinajstić information content (AvgIpc) is 2.78. The molecule has 92 valence electrons. The SMILES string of the molecule is CCc1cc2c(N(CC)CCCl)ncnc2s1. The van der Waals surface area contributed by atoms with Crippen LogP contribution in [0.15, 0.2) is 12.4 Å². The lowest BCUT2D eigenvalue weighted by molar-refractivity contribution is 0.852. The molecular formula is C12H16ClN3S. The summed E-state index contributed by atoms with van der Waals surface area (Å²) in [5.41, 5.74) is 0. The van der Waals surface area contributed by atoms with Crippen molar-refractivity contribution in [3.05, 3.63) is 17.3 Å². The van der Waals surface area contributed by atoms with Crippen LogP contribution in [0.2, 0.25) is 0 Å². The summed E-state index contributed by atoms with van der Waals surface area (Å²) in [4.78, 5) is 13.4. The highest BCUT2D eigenvalue weighted by atomic mass is 35.5. The maximum Gasteiger partial charge on any atom is 0.140 e.